The third-order valence-corrected chi connectivity index (χ3v) is 4.21. The summed E-state index contributed by atoms with van der Waals surface area (Å²) < 4.78 is 0. The van der Waals surface area contributed by atoms with E-state index in [4.69, 9.17) is 23.1 Å². The van der Waals surface area contributed by atoms with Crippen LogP contribution in [0.4, 0.5) is 0 Å². The molecule has 0 aromatic heterocycles. The van der Waals surface area contributed by atoms with E-state index in [-0.39, 0.29) is 40.9 Å². The van der Waals surface area contributed by atoms with Crippen LogP contribution in [0.5, 0.6) is 5.75 Å². The summed E-state index contributed by atoms with van der Waals surface area (Å²) in [5.74, 6) is -2.75. The van der Waals surface area contributed by atoms with Crippen LogP contribution < -0.4 is 22.1 Å². The number of hydrogen-bond acceptors (Lipinski definition) is 5. The molecule has 0 aliphatic carbocycles. The molecule has 30 heavy (non-hydrogen) atoms. The molecule has 2 rings (SSSR count). The van der Waals surface area contributed by atoms with Crippen LogP contribution in [-0.4, -0.2) is 46.5 Å². The van der Waals surface area contributed by atoms with Crippen molar-refractivity contribution in [1.82, 2.24) is 10.6 Å². The van der Waals surface area contributed by atoms with Crippen LogP contribution >= 0.6 is 11.6 Å². The van der Waals surface area contributed by atoms with Crippen molar-refractivity contribution in [2.45, 2.75) is 12.6 Å². The van der Waals surface area contributed by atoms with Crippen molar-refractivity contribution in [3.63, 3.8) is 0 Å². The van der Waals surface area contributed by atoms with E-state index in [0.29, 0.717) is 5.56 Å². The minimum atomic E-state index is -1.36. The zero-order chi connectivity index (χ0) is 22.3. The Balaban J connectivity index is 2.06. The Morgan fingerprint density at radius 3 is 2.43 bits per heavy atom. The molecule has 0 aliphatic heterocycles. The molecule has 0 bridgehead atoms. The number of carboxylic acid groups (broad SMARTS) is 1. The molecule has 1 atom stereocenters. The number of nitrogens with zero attached hydrogens (tertiary/aromatic N) is 1. The van der Waals surface area contributed by atoms with E-state index in [1.807, 2.05) is 0 Å². The first kappa shape index (κ1) is 22.5. The molecule has 0 spiro atoms. The van der Waals surface area contributed by atoms with Gasteiger partial charge in [0.2, 0.25) is 0 Å². The number of rotatable bonds is 8. The minimum Gasteiger partial charge on any atom is -0.508 e. The van der Waals surface area contributed by atoms with E-state index in [1.54, 1.807) is 12.1 Å². The summed E-state index contributed by atoms with van der Waals surface area (Å²) in [6, 6.07) is 9.04. The summed E-state index contributed by atoms with van der Waals surface area (Å²) >= 11 is 6.11. The SMILES string of the molecule is NC(N)=NC[C@H](NC(=O)c1ccc(C(=O)NCc2cccc(O)c2)cc1Cl)C(=O)O. The van der Waals surface area contributed by atoms with Crippen LogP contribution in [0.1, 0.15) is 26.3 Å². The molecular weight excluding hydrogens is 414 g/mol. The molecule has 2 aromatic rings. The minimum absolute atomic E-state index is 0.0165. The van der Waals surface area contributed by atoms with E-state index >= 15 is 0 Å². The monoisotopic (exact) mass is 433 g/mol. The number of carbonyl (C=O) groups is 3. The van der Waals surface area contributed by atoms with Gasteiger partial charge in [-0.15, -0.1) is 0 Å². The molecule has 158 valence electrons. The van der Waals surface area contributed by atoms with Crippen LogP contribution in [0.2, 0.25) is 5.02 Å². The highest BCUT2D eigenvalue weighted by Gasteiger charge is 2.22. The quantitative estimate of drug-likeness (QED) is 0.258. The summed E-state index contributed by atoms with van der Waals surface area (Å²) in [5, 5.41) is 23.5. The van der Waals surface area contributed by atoms with Crippen LogP contribution in [0.3, 0.4) is 0 Å². The van der Waals surface area contributed by atoms with Crippen molar-refractivity contribution in [2.24, 2.45) is 16.5 Å². The summed E-state index contributed by atoms with van der Waals surface area (Å²) in [6.07, 6.45) is 0. The predicted octanol–water partition coefficient (Wildman–Crippen LogP) is 0.432. The van der Waals surface area contributed by atoms with E-state index < -0.39 is 23.8 Å². The number of nitrogens with one attached hydrogen (secondary N) is 2. The summed E-state index contributed by atoms with van der Waals surface area (Å²) in [7, 11) is 0. The van der Waals surface area contributed by atoms with Crippen molar-refractivity contribution in [3.8, 4) is 5.75 Å². The molecule has 0 saturated carbocycles. The maximum absolute atomic E-state index is 12.4. The second kappa shape index (κ2) is 10.1. The lowest BCUT2D eigenvalue weighted by Crippen LogP contribution is -2.43. The number of benzene rings is 2. The summed E-state index contributed by atoms with van der Waals surface area (Å²) in [6.45, 7) is -0.172. The number of carboxylic acids is 1. The molecule has 0 aliphatic rings. The number of carbonyl (C=O) groups excluding carboxylic acids is 2. The van der Waals surface area contributed by atoms with Crippen molar-refractivity contribution in [2.75, 3.05) is 6.54 Å². The Hall–Kier alpha value is -3.79. The van der Waals surface area contributed by atoms with Gasteiger partial charge in [-0.3, -0.25) is 14.6 Å². The van der Waals surface area contributed by atoms with Gasteiger partial charge in [0.1, 0.15) is 11.8 Å². The average molecular weight is 434 g/mol. The predicted molar refractivity (Wildman–Crippen MR) is 110 cm³/mol. The third kappa shape index (κ3) is 6.38. The van der Waals surface area contributed by atoms with Gasteiger partial charge in [-0.2, -0.15) is 0 Å². The number of phenolic OH excluding ortho intramolecular Hbond substituents is 1. The molecule has 2 aromatic carbocycles. The summed E-state index contributed by atoms with van der Waals surface area (Å²) in [4.78, 5) is 39.5. The molecule has 0 radical (unpaired) electrons. The molecule has 0 unspecified atom stereocenters. The Morgan fingerprint density at radius 2 is 1.83 bits per heavy atom. The number of nitrogens with two attached hydrogens (primary N) is 2. The van der Waals surface area contributed by atoms with Gasteiger partial charge in [0.05, 0.1) is 17.1 Å². The highest BCUT2D eigenvalue weighted by molar-refractivity contribution is 6.34. The smallest absolute Gasteiger partial charge is 0.328 e. The van der Waals surface area contributed by atoms with Gasteiger partial charge in [0.25, 0.3) is 11.8 Å². The first-order valence-corrected chi connectivity index (χ1v) is 9.00. The van der Waals surface area contributed by atoms with Gasteiger partial charge in [0, 0.05) is 12.1 Å². The summed E-state index contributed by atoms with van der Waals surface area (Å²) in [5.41, 5.74) is 11.2. The first-order valence-electron chi connectivity index (χ1n) is 8.62. The Bertz CT molecular complexity index is 991. The van der Waals surface area contributed by atoms with Gasteiger partial charge < -0.3 is 32.3 Å². The number of aliphatic carboxylic acids is 1. The van der Waals surface area contributed by atoms with E-state index in [0.717, 1.165) is 0 Å². The van der Waals surface area contributed by atoms with Crippen LogP contribution in [0.25, 0.3) is 0 Å². The molecule has 10 nitrogen and oxygen atoms in total. The van der Waals surface area contributed by atoms with E-state index in [1.165, 1.54) is 30.3 Å². The largest absolute Gasteiger partial charge is 0.508 e. The normalized spacial score (nSPS) is 11.2. The third-order valence-electron chi connectivity index (χ3n) is 3.90. The number of amides is 2. The number of guanidine groups is 1. The zero-order valence-electron chi connectivity index (χ0n) is 15.6. The lowest BCUT2D eigenvalue weighted by atomic mass is 10.1. The van der Waals surface area contributed by atoms with Gasteiger partial charge in [-0.25, -0.2) is 4.79 Å². The fourth-order valence-corrected chi connectivity index (χ4v) is 2.68. The Labute approximate surface area is 176 Å². The lowest BCUT2D eigenvalue weighted by molar-refractivity contribution is -0.138. The molecule has 0 heterocycles. The Kier molecular flexibility index (Phi) is 7.59. The maximum Gasteiger partial charge on any atom is 0.328 e. The second-order valence-corrected chi connectivity index (χ2v) is 6.58. The maximum atomic E-state index is 12.4. The molecule has 11 heteroatoms. The number of phenols is 1. The number of aliphatic imine (C=N–C) groups is 1. The molecule has 2 amide bonds. The van der Waals surface area contributed by atoms with E-state index in [9.17, 15) is 24.6 Å². The first-order chi connectivity index (χ1) is 14.2. The van der Waals surface area contributed by atoms with Crippen molar-refractivity contribution >= 4 is 35.3 Å². The standard InChI is InChI=1S/C19H20ClN5O5/c20-14-7-11(16(27)23-8-10-2-1-3-12(26)6-10)4-5-13(14)17(28)25-15(18(29)30)9-24-19(21)22/h1-7,15,26H,8-9H2,(H,23,27)(H,25,28)(H,29,30)(H4,21,22,24)/t15-/m0/s1. The van der Waals surface area contributed by atoms with Crippen LogP contribution in [-0.2, 0) is 11.3 Å². The van der Waals surface area contributed by atoms with Gasteiger partial charge in [0.15, 0.2) is 5.96 Å². The molecule has 0 saturated heterocycles. The van der Waals surface area contributed by atoms with Crippen LogP contribution in [0, 0.1) is 0 Å². The topological polar surface area (TPSA) is 180 Å². The highest BCUT2D eigenvalue weighted by atomic mass is 35.5. The molecule has 0 fully saturated rings. The van der Waals surface area contributed by atoms with Crippen molar-refractivity contribution in [1.29, 1.82) is 0 Å². The molecular formula is C19H20ClN5O5. The fraction of sp³-hybridized carbons (Fsp3) is 0.158. The van der Waals surface area contributed by atoms with E-state index in [2.05, 4.69) is 15.6 Å². The van der Waals surface area contributed by atoms with Gasteiger partial charge in [-0.05, 0) is 35.9 Å². The van der Waals surface area contributed by atoms with Gasteiger partial charge >= 0.3 is 5.97 Å². The number of aromatic hydroxyl groups is 1. The number of halogens is 1. The van der Waals surface area contributed by atoms with Crippen molar-refractivity contribution in [3.05, 3.63) is 64.2 Å². The lowest BCUT2D eigenvalue weighted by Gasteiger charge is -2.14. The molecule has 8 N–H and O–H groups in total. The Morgan fingerprint density at radius 1 is 1.10 bits per heavy atom. The highest BCUT2D eigenvalue weighted by Crippen LogP contribution is 2.18. The number of hydrogen-bond donors (Lipinski definition) is 6. The van der Waals surface area contributed by atoms with Crippen LogP contribution in [0.15, 0.2) is 47.5 Å². The van der Waals surface area contributed by atoms with Gasteiger partial charge in [-0.1, -0.05) is 23.7 Å². The zero-order valence-corrected chi connectivity index (χ0v) is 16.4. The van der Waals surface area contributed by atoms with Crippen molar-refractivity contribution < 1.29 is 24.6 Å². The second-order valence-electron chi connectivity index (χ2n) is 6.18. The fourth-order valence-electron chi connectivity index (χ4n) is 2.41. The average Bonchev–Trinajstić information content (AvgIpc) is 2.68.